The lowest BCUT2D eigenvalue weighted by Crippen LogP contribution is -2.41. The molecule has 1 saturated heterocycles. The van der Waals surface area contributed by atoms with Crippen LogP contribution in [0, 0.1) is 13.8 Å². The first-order valence-corrected chi connectivity index (χ1v) is 8.83. The van der Waals surface area contributed by atoms with E-state index in [0.29, 0.717) is 13.0 Å². The number of hydrogen-bond acceptors (Lipinski definition) is 4. The van der Waals surface area contributed by atoms with Crippen molar-refractivity contribution in [1.82, 2.24) is 9.88 Å². The van der Waals surface area contributed by atoms with Crippen molar-refractivity contribution >= 4 is 23.2 Å². The molecule has 0 radical (unpaired) electrons. The van der Waals surface area contributed by atoms with Gasteiger partial charge in [-0.05, 0) is 26.7 Å². The number of nitrogens with zero attached hydrogens (tertiary/aromatic N) is 2. The van der Waals surface area contributed by atoms with Gasteiger partial charge in [-0.3, -0.25) is 4.79 Å². The van der Waals surface area contributed by atoms with Crippen molar-refractivity contribution in [2.75, 3.05) is 6.54 Å². The van der Waals surface area contributed by atoms with Crippen LogP contribution in [0.5, 0.6) is 0 Å². The Kier molecular flexibility index (Phi) is 4.66. The first-order chi connectivity index (χ1) is 11.5. The zero-order valence-electron chi connectivity index (χ0n) is 13.8. The molecule has 5 nitrogen and oxygen atoms in total. The minimum Gasteiger partial charge on any atom is -0.480 e. The molecule has 126 valence electrons. The van der Waals surface area contributed by atoms with Crippen LogP contribution >= 0.6 is 11.3 Å². The van der Waals surface area contributed by atoms with Gasteiger partial charge in [0, 0.05) is 17.0 Å². The number of carbonyl (C=O) groups excluding carboxylic acids is 1. The van der Waals surface area contributed by atoms with Gasteiger partial charge < -0.3 is 10.0 Å². The first-order valence-electron chi connectivity index (χ1n) is 8.01. The molecule has 2 aromatic rings. The number of aliphatic carboxylic acids is 1. The fourth-order valence-corrected chi connectivity index (χ4v) is 4.04. The van der Waals surface area contributed by atoms with Crippen LogP contribution in [0.15, 0.2) is 24.3 Å². The SMILES string of the molecule is Cc1ccc(-c2nc(C)sc2CC(=O)N2CCC[C@H]2C(=O)O)cc1. The second-order valence-electron chi connectivity index (χ2n) is 6.13. The van der Waals surface area contributed by atoms with Gasteiger partial charge in [-0.2, -0.15) is 0 Å². The summed E-state index contributed by atoms with van der Waals surface area (Å²) < 4.78 is 0. The lowest BCUT2D eigenvalue weighted by molar-refractivity contribution is -0.147. The molecule has 0 spiro atoms. The van der Waals surface area contributed by atoms with Crippen LogP contribution in [-0.2, 0) is 16.0 Å². The van der Waals surface area contributed by atoms with Crippen molar-refractivity contribution in [2.24, 2.45) is 0 Å². The molecular weight excluding hydrogens is 324 g/mol. The zero-order valence-corrected chi connectivity index (χ0v) is 14.6. The summed E-state index contributed by atoms with van der Waals surface area (Å²) in [5.41, 5.74) is 2.99. The van der Waals surface area contributed by atoms with Crippen LogP contribution < -0.4 is 0 Å². The molecule has 1 atom stereocenters. The number of hydrogen-bond donors (Lipinski definition) is 1. The number of aromatic nitrogens is 1. The van der Waals surface area contributed by atoms with Crippen molar-refractivity contribution in [1.29, 1.82) is 0 Å². The summed E-state index contributed by atoms with van der Waals surface area (Å²) in [6.45, 7) is 4.47. The maximum absolute atomic E-state index is 12.6. The molecule has 1 amide bonds. The molecule has 1 aromatic carbocycles. The molecule has 0 unspecified atom stereocenters. The summed E-state index contributed by atoms with van der Waals surface area (Å²) in [6.07, 6.45) is 1.49. The molecule has 1 aliphatic heterocycles. The number of carboxylic acids is 1. The van der Waals surface area contributed by atoms with E-state index in [1.54, 1.807) is 0 Å². The van der Waals surface area contributed by atoms with Gasteiger partial charge in [0.05, 0.1) is 17.1 Å². The number of thiazole rings is 1. The number of amides is 1. The summed E-state index contributed by atoms with van der Waals surface area (Å²) in [5.74, 6) is -1.04. The van der Waals surface area contributed by atoms with Gasteiger partial charge in [0.2, 0.25) is 5.91 Å². The number of rotatable bonds is 4. The van der Waals surface area contributed by atoms with Crippen molar-refractivity contribution in [3.63, 3.8) is 0 Å². The van der Waals surface area contributed by atoms with Gasteiger partial charge in [-0.15, -0.1) is 11.3 Å². The topological polar surface area (TPSA) is 70.5 Å². The van der Waals surface area contributed by atoms with Crippen molar-refractivity contribution in [2.45, 2.75) is 39.2 Å². The van der Waals surface area contributed by atoms with E-state index < -0.39 is 12.0 Å². The summed E-state index contributed by atoms with van der Waals surface area (Å²) in [4.78, 5) is 30.9. The molecule has 1 N–H and O–H groups in total. The maximum Gasteiger partial charge on any atom is 0.326 e. The number of aryl methyl sites for hydroxylation is 2. The predicted octanol–water partition coefficient (Wildman–Crippen LogP) is 3.05. The van der Waals surface area contributed by atoms with Gasteiger partial charge in [0.1, 0.15) is 6.04 Å². The largest absolute Gasteiger partial charge is 0.480 e. The van der Waals surface area contributed by atoms with Crippen LogP contribution in [0.3, 0.4) is 0 Å². The Labute approximate surface area is 145 Å². The standard InChI is InChI=1S/C18H20N2O3S/c1-11-5-7-13(8-6-11)17-15(24-12(2)19-17)10-16(21)20-9-3-4-14(20)18(22)23/h5-8,14H,3-4,9-10H2,1-2H3,(H,22,23)/t14-/m0/s1. The summed E-state index contributed by atoms with van der Waals surface area (Å²) in [5, 5.41) is 10.2. The van der Waals surface area contributed by atoms with Crippen molar-refractivity contribution in [3.05, 3.63) is 39.7 Å². The highest BCUT2D eigenvalue weighted by Gasteiger charge is 2.34. The van der Waals surface area contributed by atoms with E-state index in [4.69, 9.17) is 0 Å². The fourth-order valence-electron chi connectivity index (χ4n) is 3.09. The van der Waals surface area contributed by atoms with Crippen LogP contribution in [0.2, 0.25) is 0 Å². The molecule has 6 heteroatoms. The van der Waals surface area contributed by atoms with E-state index in [1.165, 1.54) is 21.8 Å². The van der Waals surface area contributed by atoms with Crippen LogP contribution in [0.1, 0.15) is 28.3 Å². The number of carboxylic acid groups (broad SMARTS) is 1. The quantitative estimate of drug-likeness (QED) is 0.925. The number of benzene rings is 1. The molecule has 1 fully saturated rings. The van der Waals surface area contributed by atoms with Crippen LogP contribution in [0.4, 0.5) is 0 Å². The molecule has 0 saturated carbocycles. The van der Waals surface area contributed by atoms with Gasteiger partial charge in [-0.25, -0.2) is 9.78 Å². The molecule has 2 heterocycles. The Balaban J connectivity index is 1.84. The molecule has 0 aliphatic carbocycles. The monoisotopic (exact) mass is 344 g/mol. The minimum atomic E-state index is -0.917. The summed E-state index contributed by atoms with van der Waals surface area (Å²) >= 11 is 1.50. The maximum atomic E-state index is 12.6. The Morgan fingerprint density at radius 2 is 2.00 bits per heavy atom. The highest BCUT2D eigenvalue weighted by molar-refractivity contribution is 7.12. The van der Waals surface area contributed by atoms with E-state index in [0.717, 1.165) is 27.6 Å². The summed E-state index contributed by atoms with van der Waals surface area (Å²) in [7, 11) is 0. The molecule has 1 aliphatic rings. The van der Waals surface area contributed by atoms with Crippen LogP contribution in [-0.4, -0.2) is 39.5 Å². The van der Waals surface area contributed by atoms with E-state index >= 15 is 0 Å². The Morgan fingerprint density at radius 1 is 1.29 bits per heavy atom. The highest BCUT2D eigenvalue weighted by atomic mass is 32.1. The van der Waals surface area contributed by atoms with E-state index in [9.17, 15) is 14.7 Å². The third kappa shape index (κ3) is 3.33. The van der Waals surface area contributed by atoms with Crippen molar-refractivity contribution < 1.29 is 14.7 Å². The Bertz CT molecular complexity index is 767. The Morgan fingerprint density at radius 3 is 2.67 bits per heavy atom. The van der Waals surface area contributed by atoms with Crippen LogP contribution in [0.25, 0.3) is 11.3 Å². The van der Waals surface area contributed by atoms with E-state index in [-0.39, 0.29) is 12.3 Å². The van der Waals surface area contributed by atoms with Crippen molar-refractivity contribution in [3.8, 4) is 11.3 Å². The second kappa shape index (κ2) is 6.73. The lowest BCUT2D eigenvalue weighted by atomic mass is 10.1. The van der Waals surface area contributed by atoms with Gasteiger partial charge in [0.25, 0.3) is 0 Å². The average molecular weight is 344 g/mol. The molecular formula is C18H20N2O3S. The number of carbonyl (C=O) groups is 2. The third-order valence-corrected chi connectivity index (χ3v) is 5.27. The minimum absolute atomic E-state index is 0.128. The average Bonchev–Trinajstić information content (AvgIpc) is 3.15. The van der Waals surface area contributed by atoms with Gasteiger partial charge >= 0.3 is 5.97 Å². The molecule has 1 aromatic heterocycles. The fraction of sp³-hybridized carbons (Fsp3) is 0.389. The molecule has 0 bridgehead atoms. The highest BCUT2D eigenvalue weighted by Crippen LogP contribution is 2.30. The number of likely N-dealkylation sites (tertiary alicyclic amines) is 1. The van der Waals surface area contributed by atoms with Gasteiger partial charge in [-0.1, -0.05) is 29.8 Å². The normalized spacial score (nSPS) is 17.2. The lowest BCUT2D eigenvalue weighted by Gasteiger charge is -2.21. The molecule has 24 heavy (non-hydrogen) atoms. The second-order valence-corrected chi connectivity index (χ2v) is 7.42. The predicted molar refractivity (Wildman–Crippen MR) is 93.1 cm³/mol. The third-order valence-electron chi connectivity index (χ3n) is 4.30. The first kappa shape index (κ1) is 16.6. The molecule has 3 rings (SSSR count). The van der Waals surface area contributed by atoms with Gasteiger partial charge in [0.15, 0.2) is 0 Å². The Hall–Kier alpha value is -2.21. The van der Waals surface area contributed by atoms with E-state index in [1.807, 2.05) is 38.1 Å². The zero-order chi connectivity index (χ0) is 17.3. The summed E-state index contributed by atoms with van der Waals surface area (Å²) in [6, 6.07) is 7.38. The van der Waals surface area contributed by atoms with E-state index in [2.05, 4.69) is 4.98 Å². The smallest absolute Gasteiger partial charge is 0.326 e.